The van der Waals surface area contributed by atoms with Crippen molar-refractivity contribution in [2.24, 2.45) is 18.9 Å². The van der Waals surface area contributed by atoms with Crippen molar-refractivity contribution >= 4 is 5.78 Å². The van der Waals surface area contributed by atoms with Gasteiger partial charge in [-0.05, 0) is 25.7 Å². The number of carbonyl (C=O) groups is 1. The summed E-state index contributed by atoms with van der Waals surface area (Å²) in [4.78, 5) is 12.5. The van der Waals surface area contributed by atoms with E-state index in [4.69, 9.17) is 0 Å². The fourth-order valence-corrected chi connectivity index (χ4v) is 2.98. The number of ketones is 1. The van der Waals surface area contributed by atoms with Crippen molar-refractivity contribution in [1.82, 2.24) is 9.78 Å². The van der Waals surface area contributed by atoms with Crippen molar-refractivity contribution in [2.75, 3.05) is 0 Å². The molecule has 2 atom stereocenters. The molecule has 0 bridgehead atoms. The molecule has 94 valence electrons. The van der Waals surface area contributed by atoms with Gasteiger partial charge in [0.1, 0.15) is 0 Å². The van der Waals surface area contributed by atoms with Gasteiger partial charge in [0.15, 0.2) is 5.78 Å². The molecule has 1 aliphatic carbocycles. The third-order valence-electron chi connectivity index (χ3n) is 4.27. The molecule has 0 radical (unpaired) electrons. The number of nitrogens with zero attached hydrogens (tertiary/aromatic N) is 2. The van der Waals surface area contributed by atoms with Gasteiger partial charge in [-0.3, -0.25) is 9.48 Å². The summed E-state index contributed by atoms with van der Waals surface area (Å²) in [5.74, 6) is 1.13. The Labute approximate surface area is 103 Å². The highest BCUT2D eigenvalue weighted by atomic mass is 16.1. The molecule has 1 fully saturated rings. The number of carbonyl (C=O) groups excluding carboxylic acids is 1. The Morgan fingerprint density at radius 2 is 2.18 bits per heavy atom. The van der Waals surface area contributed by atoms with Crippen molar-refractivity contribution in [2.45, 2.75) is 46.0 Å². The van der Waals surface area contributed by atoms with Crippen LogP contribution in [-0.2, 0) is 7.05 Å². The van der Waals surface area contributed by atoms with Gasteiger partial charge < -0.3 is 0 Å². The van der Waals surface area contributed by atoms with E-state index in [-0.39, 0.29) is 5.92 Å². The summed E-state index contributed by atoms with van der Waals surface area (Å²) in [6.45, 7) is 4.18. The van der Waals surface area contributed by atoms with E-state index in [1.165, 1.54) is 19.3 Å². The molecule has 1 aromatic heterocycles. The number of hydrogen-bond acceptors (Lipinski definition) is 2. The first-order valence-electron chi connectivity index (χ1n) is 6.68. The van der Waals surface area contributed by atoms with Gasteiger partial charge in [-0.2, -0.15) is 5.10 Å². The molecule has 0 amide bonds. The topological polar surface area (TPSA) is 34.9 Å². The smallest absolute Gasteiger partial charge is 0.169 e. The molecule has 0 aliphatic heterocycles. The van der Waals surface area contributed by atoms with Crippen LogP contribution in [0.15, 0.2) is 6.20 Å². The zero-order valence-electron chi connectivity index (χ0n) is 11.1. The number of rotatable bonds is 3. The molecule has 1 aromatic rings. The third kappa shape index (κ3) is 2.28. The standard InChI is InChI=1S/C14H22N2O/c1-4-11-7-5-6-8-12(11)14(17)13-9-15-16(3)10(13)2/h9,11-12H,4-8H2,1-3H3. The molecule has 0 aromatic carbocycles. The van der Waals surface area contributed by atoms with E-state index >= 15 is 0 Å². The molecule has 1 saturated carbocycles. The Hall–Kier alpha value is -1.12. The molecular weight excluding hydrogens is 212 g/mol. The summed E-state index contributed by atoms with van der Waals surface area (Å²) >= 11 is 0. The van der Waals surface area contributed by atoms with E-state index in [2.05, 4.69) is 12.0 Å². The fourth-order valence-electron chi connectivity index (χ4n) is 2.98. The van der Waals surface area contributed by atoms with Gasteiger partial charge in [0.25, 0.3) is 0 Å². The van der Waals surface area contributed by atoms with Crippen LogP contribution in [0.2, 0.25) is 0 Å². The van der Waals surface area contributed by atoms with Gasteiger partial charge in [0.2, 0.25) is 0 Å². The van der Waals surface area contributed by atoms with Crippen molar-refractivity contribution < 1.29 is 4.79 Å². The monoisotopic (exact) mass is 234 g/mol. The summed E-state index contributed by atoms with van der Waals surface area (Å²) in [6.07, 6.45) is 7.62. The molecule has 2 rings (SSSR count). The maximum atomic E-state index is 12.5. The van der Waals surface area contributed by atoms with E-state index in [0.717, 1.165) is 24.1 Å². The second-order valence-corrected chi connectivity index (χ2v) is 5.19. The predicted molar refractivity (Wildman–Crippen MR) is 68.0 cm³/mol. The van der Waals surface area contributed by atoms with Crippen LogP contribution < -0.4 is 0 Å². The molecule has 1 heterocycles. The van der Waals surface area contributed by atoms with Crippen molar-refractivity contribution in [3.05, 3.63) is 17.5 Å². The minimum absolute atomic E-state index is 0.233. The maximum Gasteiger partial charge on any atom is 0.169 e. The molecular formula is C14H22N2O. The number of Topliss-reactive ketones (excluding diaryl/α,β-unsaturated/α-hetero) is 1. The summed E-state index contributed by atoms with van der Waals surface area (Å²) in [6, 6.07) is 0. The molecule has 2 unspecified atom stereocenters. The normalized spacial score (nSPS) is 24.9. The van der Waals surface area contributed by atoms with Crippen LogP contribution in [-0.4, -0.2) is 15.6 Å². The van der Waals surface area contributed by atoms with Crippen LogP contribution in [0.5, 0.6) is 0 Å². The zero-order chi connectivity index (χ0) is 12.4. The molecule has 0 N–H and O–H groups in total. The molecule has 0 spiro atoms. The summed E-state index contributed by atoms with van der Waals surface area (Å²) in [7, 11) is 1.89. The minimum Gasteiger partial charge on any atom is -0.294 e. The highest BCUT2D eigenvalue weighted by molar-refractivity contribution is 5.98. The van der Waals surface area contributed by atoms with E-state index in [1.807, 2.05) is 14.0 Å². The van der Waals surface area contributed by atoms with Crippen LogP contribution in [0, 0.1) is 18.8 Å². The average molecular weight is 234 g/mol. The van der Waals surface area contributed by atoms with Crippen LogP contribution in [0.3, 0.4) is 0 Å². The lowest BCUT2D eigenvalue weighted by Crippen LogP contribution is -2.27. The lowest BCUT2D eigenvalue weighted by Gasteiger charge is -2.29. The summed E-state index contributed by atoms with van der Waals surface area (Å²) in [5.41, 5.74) is 1.83. The predicted octanol–water partition coefficient (Wildman–Crippen LogP) is 3.13. The van der Waals surface area contributed by atoms with Crippen molar-refractivity contribution in [1.29, 1.82) is 0 Å². The van der Waals surface area contributed by atoms with Gasteiger partial charge in [0.05, 0.1) is 11.8 Å². The van der Waals surface area contributed by atoms with Crippen LogP contribution >= 0.6 is 0 Å². The van der Waals surface area contributed by atoms with Crippen molar-refractivity contribution in [3.63, 3.8) is 0 Å². The quantitative estimate of drug-likeness (QED) is 0.753. The summed E-state index contributed by atoms with van der Waals surface area (Å²) < 4.78 is 1.79. The lowest BCUT2D eigenvalue weighted by atomic mass is 9.74. The number of hydrogen-bond donors (Lipinski definition) is 0. The van der Waals surface area contributed by atoms with Gasteiger partial charge in [-0.25, -0.2) is 0 Å². The highest BCUT2D eigenvalue weighted by Crippen LogP contribution is 2.34. The Morgan fingerprint density at radius 3 is 2.76 bits per heavy atom. The Bertz CT molecular complexity index is 408. The SMILES string of the molecule is CCC1CCCCC1C(=O)c1cnn(C)c1C. The number of aryl methyl sites for hydroxylation is 1. The van der Waals surface area contributed by atoms with Gasteiger partial charge in [0, 0.05) is 18.7 Å². The van der Waals surface area contributed by atoms with Gasteiger partial charge in [-0.15, -0.1) is 0 Å². The van der Waals surface area contributed by atoms with E-state index in [1.54, 1.807) is 10.9 Å². The van der Waals surface area contributed by atoms with Crippen LogP contribution in [0.1, 0.15) is 55.1 Å². The van der Waals surface area contributed by atoms with Gasteiger partial charge in [-0.1, -0.05) is 26.2 Å². The second-order valence-electron chi connectivity index (χ2n) is 5.19. The Balaban J connectivity index is 2.21. The first kappa shape index (κ1) is 12.3. The van der Waals surface area contributed by atoms with Crippen LogP contribution in [0.4, 0.5) is 0 Å². The maximum absolute atomic E-state index is 12.5. The average Bonchev–Trinajstić information content (AvgIpc) is 2.69. The first-order valence-corrected chi connectivity index (χ1v) is 6.68. The largest absolute Gasteiger partial charge is 0.294 e. The number of aromatic nitrogens is 2. The third-order valence-corrected chi connectivity index (χ3v) is 4.27. The minimum atomic E-state index is 0.233. The fraction of sp³-hybridized carbons (Fsp3) is 0.714. The molecule has 1 aliphatic rings. The molecule has 3 heteroatoms. The van der Waals surface area contributed by atoms with Crippen LogP contribution in [0.25, 0.3) is 0 Å². The zero-order valence-corrected chi connectivity index (χ0v) is 11.1. The molecule has 3 nitrogen and oxygen atoms in total. The van der Waals surface area contributed by atoms with Gasteiger partial charge >= 0.3 is 0 Å². The molecule has 17 heavy (non-hydrogen) atoms. The van der Waals surface area contributed by atoms with E-state index in [9.17, 15) is 4.79 Å². The molecule has 0 saturated heterocycles. The lowest BCUT2D eigenvalue weighted by molar-refractivity contribution is 0.0819. The summed E-state index contributed by atoms with van der Waals surface area (Å²) in [5, 5.41) is 4.18. The van der Waals surface area contributed by atoms with E-state index < -0.39 is 0 Å². The Morgan fingerprint density at radius 1 is 1.47 bits per heavy atom. The van der Waals surface area contributed by atoms with Crippen molar-refractivity contribution in [3.8, 4) is 0 Å². The first-order chi connectivity index (χ1) is 8.15. The highest BCUT2D eigenvalue weighted by Gasteiger charge is 2.31. The van der Waals surface area contributed by atoms with E-state index in [0.29, 0.717) is 11.7 Å². The second kappa shape index (κ2) is 5.03. The Kier molecular flexibility index (Phi) is 3.65.